The Kier molecular flexibility index (Phi) is 3.95. The summed E-state index contributed by atoms with van der Waals surface area (Å²) < 4.78 is 2.06. The Balaban J connectivity index is 2.10. The van der Waals surface area contributed by atoms with Crippen molar-refractivity contribution < 1.29 is 5.11 Å². The van der Waals surface area contributed by atoms with Gasteiger partial charge in [-0.25, -0.2) is 4.98 Å². The summed E-state index contributed by atoms with van der Waals surface area (Å²) in [6.07, 6.45) is 0.0790. The normalized spacial score (nSPS) is 12.7. The fourth-order valence-corrected chi connectivity index (χ4v) is 2.73. The Labute approximate surface area is 128 Å². The summed E-state index contributed by atoms with van der Waals surface area (Å²) >= 11 is 6.06. The number of para-hydroxylation sites is 2. The molecule has 3 nitrogen and oxygen atoms in total. The van der Waals surface area contributed by atoms with Crippen LogP contribution in [0.25, 0.3) is 11.0 Å². The van der Waals surface area contributed by atoms with E-state index in [0.717, 1.165) is 21.6 Å². The Morgan fingerprint density at radius 1 is 1.19 bits per heavy atom. The van der Waals surface area contributed by atoms with Crippen LogP contribution in [-0.2, 0) is 6.54 Å². The second kappa shape index (κ2) is 5.88. The smallest absolute Gasteiger partial charge is 0.139 e. The van der Waals surface area contributed by atoms with Crippen molar-refractivity contribution in [3.05, 3.63) is 64.9 Å². The van der Waals surface area contributed by atoms with Gasteiger partial charge in [0.2, 0.25) is 0 Å². The average molecular weight is 301 g/mol. The topological polar surface area (TPSA) is 38.1 Å². The number of fused-ring (bicyclic) bond motifs is 1. The lowest BCUT2D eigenvalue weighted by molar-refractivity contribution is 0.160. The zero-order chi connectivity index (χ0) is 14.8. The first-order valence-electron chi connectivity index (χ1n) is 7.06. The van der Waals surface area contributed by atoms with Crippen LogP contribution in [0.3, 0.4) is 0 Å². The summed E-state index contributed by atoms with van der Waals surface area (Å²) in [5.74, 6) is 0.707. The second-order valence-electron chi connectivity index (χ2n) is 5.10. The molecule has 0 amide bonds. The van der Waals surface area contributed by atoms with Gasteiger partial charge < -0.3 is 9.67 Å². The zero-order valence-electron chi connectivity index (χ0n) is 11.8. The molecule has 0 radical (unpaired) electrons. The molecule has 0 aliphatic rings. The third kappa shape index (κ3) is 2.80. The molecule has 3 rings (SSSR count). The first kappa shape index (κ1) is 14.1. The molecule has 1 heterocycles. The number of imidazole rings is 1. The van der Waals surface area contributed by atoms with Gasteiger partial charge in [0.05, 0.1) is 11.0 Å². The van der Waals surface area contributed by atoms with Crippen molar-refractivity contribution in [2.45, 2.75) is 26.0 Å². The van der Waals surface area contributed by atoms with E-state index in [1.54, 1.807) is 0 Å². The third-order valence-corrected chi connectivity index (χ3v) is 3.83. The van der Waals surface area contributed by atoms with Gasteiger partial charge in [-0.2, -0.15) is 0 Å². The molecule has 0 unspecified atom stereocenters. The molecule has 3 aromatic rings. The fourth-order valence-electron chi connectivity index (χ4n) is 2.52. The van der Waals surface area contributed by atoms with E-state index in [1.165, 1.54) is 0 Å². The van der Waals surface area contributed by atoms with Crippen LogP contribution in [-0.4, -0.2) is 14.7 Å². The lowest BCUT2D eigenvalue weighted by atomic mass is 10.2. The van der Waals surface area contributed by atoms with Crippen LogP contribution in [0.4, 0.5) is 0 Å². The van der Waals surface area contributed by atoms with E-state index in [0.29, 0.717) is 18.8 Å². The van der Waals surface area contributed by atoms with Crippen LogP contribution in [0.1, 0.15) is 30.8 Å². The summed E-state index contributed by atoms with van der Waals surface area (Å²) in [5.41, 5.74) is 3.03. The molecule has 0 aliphatic carbocycles. The van der Waals surface area contributed by atoms with Gasteiger partial charge in [-0.3, -0.25) is 0 Å². The van der Waals surface area contributed by atoms with Crippen molar-refractivity contribution in [1.82, 2.24) is 9.55 Å². The zero-order valence-corrected chi connectivity index (χ0v) is 12.6. The van der Waals surface area contributed by atoms with Crippen LogP contribution in [0.5, 0.6) is 0 Å². The van der Waals surface area contributed by atoms with Crippen molar-refractivity contribution in [3.63, 3.8) is 0 Å². The molecular formula is C17H17ClN2O. The van der Waals surface area contributed by atoms with Gasteiger partial charge in [0, 0.05) is 11.6 Å². The van der Waals surface area contributed by atoms with Crippen LogP contribution in [0, 0.1) is 0 Å². The number of aliphatic hydroxyl groups is 1. The summed E-state index contributed by atoms with van der Waals surface area (Å²) in [7, 11) is 0. The molecule has 0 fully saturated rings. The predicted octanol–water partition coefficient (Wildman–Crippen LogP) is 4.18. The molecule has 1 atom stereocenters. The van der Waals surface area contributed by atoms with Crippen molar-refractivity contribution >= 4 is 22.6 Å². The molecule has 1 N–H and O–H groups in total. The molecular weight excluding hydrogens is 284 g/mol. The highest BCUT2D eigenvalue weighted by atomic mass is 35.5. The number of halogens is 1. The standard InChI is InChI=1S/C17H17ClN2O/c1-2-16(21)17-19-14-8-3-4-9-15(14)20(17)11-12-6-5-7-13(18)10-12/h3-10,16,21H,2,11H2,1H3/t16-/m0/s1. The second-order valence-corrected chi connectivity index (χ2v) is 5.54. The molecule has 0 saturated heterocycles. The molecule has 0 aliphatic heterocycles. The minimum atomic E-state index is -0.559. The largest absolute Gasteiger partial charge is 0.385 e. The summed E-state index contributed by atoms with van der Waals surface area (Å²) in [5, 5.41) is 11.0. The maximum Gasteiger partial charge on any atom is 0.139 e. The van der Waals surface area contributed by atoms with Gasteiger partial charge in [-0.1, -0.05) is 42.8 Å². The number of rotatable bonds is 4. The highest BCUT2D eigenvalue weighted by Crippen LogP contribution is 2.24. The van der Waals surface area contributed by atoms with Crippen molar-refractivity contribution in [2.75, 3.05) is 0 Å². The monoisotopic (exact) mass is 300 g/mol. The maximum absolute atomic E-state index is 10.2. The van der Waals surface area contributed by atoms with Gasteiger partial charge >= 0.3 is 0 Å². The molecule has 0 spiro atoms. The molecule has 2 aromatic carbocycles. The SMILES string of the molecule is CC[C@H](O)c1nc2ccccc2n1Cc1cccc(Cl)c1. The molecule has 21 heavy (non-hydrogen) atoms. The lowest BCUT2D eigenvalue weighted by Crippen LogP contribution is -2.09. The van der Waals surface area contributed by atoms with Crippen molar-refractivity contribution in [2.24, 2.45) is 0 Å². The van der Waals surface area contributed by atoms with Crippen molar-refractivity contribution in [3.8, 4) is 0 Å². The minimum Gasteiger partial charge on any atom is -0.385 e. The van der Waals surface area contributed by atoms with E-state index >= 15 is 0 Å². The maximum atomic E-state index is 10.2. The number of nitrogens with zero attached hydrogens (tertiary/aromatic N) is 2. The van der Waals surface area contributed by atoms with Gasteiger partial charge in [-0.05, 0) is 36.2 Å². The van der Waals surface area contributed by atoms with Crippen LogP contribution in [0.2, 0.25) is 5.02 Å². The number of aliphatic hydroxyl groups excluding tert-OH is 1. The molecule has 0 saturated carbocycles. The number of hydrogen-bond acceptors (Lipinski definition) is 2. The molecule has 108 valence electrons. The predicted molar refractivity (Wildman–Crippen MR) is 85.5 cm³/mol. The Hall–Kier alpha value is -1.84. The summed E-state index contributed by atoms with van der Waals surface area (Å²) in [4.78, 5) is 4.58. The lowest BCUT2D eigenvalue weighted by Gasteiger charge is -2.13. The Bertz CT molecular complexity index is 766. The van der Waals surface area contributed by atoms with Gasteiger partial charge in [0.1, 0.15) is 11.9 Å². The average Bonchev–Trinajstić information content (AvgIpc) is 2.85. The molecule has 4 heteroatoms. The van der Waals surface area contributed by atoms with Gasteiger partial charge in [-0.15, -0.1) is 0 Å². The highest BCUT2D eigenvalue weighted by molar-refractivity contribution is 6.30. The fraction of sp³-hybridized carbons (Fsp3) is 0.235. The van der Waals surface area contributed by atoms with Crippen LogP contribution in [0.15, 0.2) is 48.5 Å². The van der Waals surface area contributed by atoms with Crippen molar-refractivity contribution in [1.29, 1.82) is 0 Å². The molecule has 0 bridgehead atoms. The third-order valence-electron chi connectivity index (χ3n) is 3.60. The Morgan fingerprint density at radius 3 is 2.76 bits per heavy atom. The minimum absolute atomic E-state index is 0.559. The quantitative estimate of drug-likeness (QED) is 0.785. The van der Waals surface area contributed by atoms with E-state index in [4.69, 9.17) is 11.6 Å². The van der Waals surface area contributed by atoms with E-state index in [1.807, 2.05) is 55.5 Å². The number of hydrogen-bond donors (Lipinski definition) is 1. The first-order chi connectivity index (χ1) is 10.2. The Morgan fingerprint density at radius 2 is 2.00 bits per heavy atom. The van der Waals surface area contributed by atoms with Gasteiger partial charge in [0.15, 0.2) is 0 Å². The molecule has 1 aromatic heterocycles. The van der Waals surface area contributed by atoms with E-state index in [9.17, 15) is 5.11 Å². The van der Waals surface area contributed by atoms with E-state index in [-0.39, 0.29) is 0 Å². The van der Waals surface area contributed by atoms with Gasteiger partial charge in [0.25, 0.3) is 0 Å². The van der Waals surface area contributed by atoms with Crippen LogP contribution >= 0.6 is 11.6 Å². The number of aromatic nitrogens is 2. The summed E-state index contributed by atoms with van der Waals surface area (Å²) in [6, 6.07) is 15.7. The van der Waals surface area contributed by atoms with E-state index < -0.39 is 6.10 Å². The van der Waals surface area contributed by atoms with E-state index in [2.05, 4.69) is 9.55 Å². The first-order valence-corrected chi connectivity index (χ1v) is 7.44. The summed E-state index contributed by atoms with van der Waals surface area (Å²) in [6.45, 7) is 2.60. The highest BCUT2D eigenvalue weighted by Gasteiger charge is 2.16. The number of benzene rings is 2. The van der Waals surface area contributed by atoms with Crippen LogP contribution < -0.4 is 0 Å².